The van der Waals surface area contributed by atoms with Crippen LogP contribution in [0.4, 0.5) is 17.3 Å². The fraction of sp³-hybridized carbons (Fsp3) is 0.217. The molecule has 0 aliphatic carbocycles. The minimum Gasteiger partial charge on any atom is -0.369 e. The minimum atomic E-state index is -0.298. The van der Waals surface area contributed by atoms with E-state index in [9.17, 15) is 4.79 Å². The highest BCUT2D eigenvalue weighted by Crippen LogP contribution is 2.31. The topological polar surface area (TPSA) is 109 Å². The Bertz CT molecular complexity index is 1240. The number of amides is 1. The van der Waals surface area contributed by atoms with Gasteiger partial charge in [0.25, 0.3) is 0 Å². The van der Waals surface area contributed by atoms with Gasteiger partial charge in [0.2, 0.25) is 5.91 Å². The van der Waals surface area contributed by atoms with Crippen molar-refractivity contribution in [1.29, 1.82) is 0 Å². The SMILES string of the molecule is NC(=O)CN1CC[C@@H](Nc2nc(-c3ccnc(Nc4ccccc4)c3)nc3ccsc23)C1. The maximum atomic E-state index is 11.2. The van der Waals surface area contributed by atoms with Gasteiger partial charge in [0.05, 0.1) is 16.8 Å². The number of nitrogens with one attached hydrogen (secondary N) is 2. The Balaban J connectivity index is 1.41. The van der Waals surface area contributed by atoms with E-state index >= 15 is 0 Å². The first-order valence-electron chi connectivity index (χ1n) is 10.4. The van der Waals surface area contributed by atoms with E-state index in [-0.39, 0.29) is 18.5 Å². The predicted molar refractivity (Wildman–Crippen MR) is 128 cm³/mol. The molecule has 0 saturated carbocycles. The van der Waals surface area contributed by atoms with Crippen molar-refractivity contribution in [2.75, 3.05) is 30.3 Å². The fourth-order valence-corrected chi connectivity index (χ4v) is 4.69. The van der Waals surface area contributed by atoms with Crippen molar-refractivity contribution in [1.82, 2.24) is 19.9 Å². The number of hydrogen-bond donors (Lipinski definition) is 3. The van der Waals surface area contributed by atoms with E-state index in [0.29, 0.717) is 5.82 Å². The van der Waals surface area contributed by atoms with Crippen LogP contribution in [-0.2, 0) is 4.79 Å². The van der Waals surface area contributed by atoms with Crippen molar-refractivity contribution in [2.24, 2.45) is 5.73 Å². The molecule has 32 heavy (non-hydrogen) atoms. The molecule has 1 aromatic carbocycles. The molecule has 1 atom stereocenters. The number of rotatable bonds is 7. The van der Waals surface area contributed by atoms with Crippen LogP contribution in [0.3, 0.4) is 0 Å². The zero-order valence-electron chi connectivity index (χ0n) is 17.4. The number of aromatic nitrogens is 3. The molecule has 4 heterocycles. The molecule has 0 spiro atoms. The molecule has 5 rings (SSSR count). The summed E-state index contributed by atoms with van der Waals surface area (Å²) in [4.78, 5) is 27.4. The molecular weight excluding hydrogens is 422 g/mol. The monoisotopic (exact) mass is 445 g/mol. The highest BCUT2D eigenvalue weighted by atomic mass is 32.1. The summed E-state index contributed by atoms with van der Waals surface area (Å²) >= 11 is 1.62. The van der Waals surface area contributed by atoms with Gasteiger partial charge in [-0.05, 0) is 42.1 Å². The van der Waals surface area contributed by atoms with Crippen LogP contribution >= 0.6 is 11.3 Å². The Morgan fingerprint density at radius 2 is 2.06 bits per heavy atom. The van der Waals surface area contributed by atoms with Crippen molar-refractivity contribution in [3.05, 3.63) is 60.1 Å². The van der Waals surface area contributed by atoms with Crippen LogP contribution in [0.1, 0.15) is 6.42 Å². The van der Waals surface area contributed by atoms with E-state index in [1.807, 2.05) is 53.9 Å². The molecule has 1 fully saturated rings. The summed E-state index contributed by atoms with van der Waals surface area (Å²) in [6.07, 6.45) is 2.69. The average Bonchev–Trinajstić information content (AvgIpc) is 3.44. The summed E-state index contributed by atoms with van der Waals surface area (Å²) in [7, 11) is 0. The van der Waals surface area contributed by atoms with Gasteiger partial charge in [-0.25, -0.2) is 15.0 Å². The lowest BCUT2D eigenvalue weighted by Crippen LogP contribution is -2.33. The average molecular weight is 446 g/mol. The number of likely N-dealkylation sites (tertiary alicyclic amines) is 1. The maximum absolute atomic E-state index is 11.2. The van der Waals surface area contributed by atoms with Crippen molar-refractivity contribution in [3.8, 4) is 11.4 Å². The Morgan fingerprint density at radius 1 is 1.19 bits per heavy atom. The van der Waals surface area contributed by atoms with Gasteiger partial charge in [0.1, 0.15) is 11.6 Å². The lowest BCUT2D eigenvalue weighted by molar-refractivity contribution is -0.118. The molecule has 1 saturated heterocycles. The number of benzene rings is 1. The van der Waals surface area contributed by atoms with E-state index in [4.69, 9.17) is 15.7 Å². The van der Waals surface area contributed by atoms with Gasteiger partial charge >= 0.3 is 0 Å². The van der Waals surface area contributed by atoms with Crippen molar-refractivity contribution < 1.29 is 4.79 Å². The molecule has 9 heteroatoms. The van der Waals surface area contributed by atoms with Gasteiger partial charge in [-0.1, -0.05) is 18.2 Å². The van der Waals surface area contributed by atoms with Gasteiger partial charge in [-0.2, -0.15) is 0 Å². The number of primary amides is 1. The minimum absolute atomic E-state index is 0.204. The van der Waals surface area contributed by atoms with Crippen molar-refractivity contribution in [3.63, 3.8) is 0 Å². The molecule has 1 aliphatic rings. The molecule has 4 N–H and O–H groups in total. The van der Waals surface area contributed by atoms with Crippen LogP contribution in [0, 0.1) is 0 Å². The number of nitrogens with two attached hydrogens (primary N) is 1. The number of carbonyl (C=O) groups excluding carboxylic acids is 1. The lowest BCUT2D eigenvalue weighted by atomic mass is 10.2. The summed E-state index contributed by atoms with van der Waals surface area (Å²) in [6, 6.07) is 16.0. The van der Waals surface area contributed by atoms with Gasteiger partial charge < -0.3 is 16.4 Å². The van der Waals surface area contributed by atoms with Crippen LogP contribution in [-0.4, -0.2) is 51.4 Å². The number of para-hydroxylation sites is 1. The zero-order valence-corrected chi connectivity index (χ0v) is 18.2. The van der Waals surface area contributed by atoms with Crippen LogP contribution < -0.4 is 16.4 Å². The smallest absolute Gasteiger partial charge is 0.231 e. The maximum Gasteiger partial charge on any atom is 0.231 e. The molecule has 4 aromatic rings. The van der Waals surface area contributed by atoms with Gasteiger partial charge in [0.15, 0.2) is 5.82 Å². The molecule has 0 radical (unpaired) electrons. The number of pyridine rings is 1. The fourth-order valence-electron chi connectivity index (χ4n) is 3.91. The number of carbonyl (C=O) groups is 1. The van der Waals surface area contributed by atoms with Crippen LogP contribution in [0.2, 0.25) is 0 Å². The van der Waals surface area contributed by atoms with E-state index in [1.165, 1.54) is 0 Å². The molecule has 3 aromatic heterocycles. The number of thiophene rings is 1. The number of nitrogens with zero attached hydrogens (tertiary/aromatic N) is 4. The molecule has 1 aliphatic heterocycles. The van der Waals surface area contributed by atoms with E-state index in [1.54, 1.807) is 17.5 Å². The molecule has 0 bridgehead atoms. The first kappa shape index (κ1) is 20.3. The summed E-state index contributed by atoms with van der Waals surface area (Å²) < 4.78 is 1.03. The Morgan fingerprint density at radius 3 is 2.91 bits per heavy atom. The Hall–Kier alpha value is -3.56. The van der Waals surface area contributed by atoms with Crippen LogP contribution in [0.15, 0.2) is 60.1 Å². The van der Waals surface area contributed by atoms with Gasteiger partial charge in [0, 0.05) is 36.6 Å². The normalized spacial score (nSPS) is 16.3. The zero-order chi connectivity index (χ0) is 21.9. The van der Waals surface area contributed by atoms with Crippen molar-refractivity contribution in [2.45, 2.75) is 12.5 Å². The van der Waals surface area contributed by atoms with Crippen LogP contribution in [0.5, 0.6) is 0 Å². The van der Waals surface area contributed by atoms with Crippen LogP contribution in [0.25, 0.3) is 21.6 Å². The predicted octanol–water partition coefficient (Wildman–Crippen LogP) is 3.47. The molecular formula is C23H23N7OS. The lowest BCUT2D eigenvalue weighted by Gasteiger charge is -2.16. The van der Waals surface area contributed by atoms with Gasteiger partial charge in [-0.15, -0.1) is 11.3 Å². The highest BCUT2D eigenvalue weighted by molar-refractivity contribution is 7.17. The third kappa shape index (κ3) is 4.53. The summed E-state index contributed by atoms with van der Waals surface area (Å²) in [5, 5.41) is 8.91. The van der Waals surface area contributed by atoms with E-state index < -0.39 is 0 Å². The van der Waals surface area contributed by atoms with E-state index in [0.717, 1.165) is 52.6 Å². The summed E-state index contributed by atoms with van der Waals surface area (Å²) in [5.41, 5.74) is 8.11. The molecule has 162 valence electrons. The molecule has 8 nitrogen and oxygen atoms in total. The standard InChI is InChI=1S/C23H23N7OS/c24-19(31)14-30-10-7-17(13-30)27-23-21-18(8-11-32-21)28-22(29-23)15-6-9-25-20(12-15)26-16-4-2-1-3-5-16/h1-6,8-9,11-12,17H,7,10,13-14H2,(H2,24,31)(H,25,26)(H,27,28,29)/t17-/m1/s1. The molecule has 1 amide bonds. The third-order valence-electron chi connectivity index (χ3n) is 5.36. The van der Waals surface area contributed by atoms with Gasteiger partial charge in [-0.3, -0.25) is 9.69 Å². The third-order valence-corrected chi connectivity index (χ3v) is 6.27. The first-order chi connectivity index (χ1) is 15.6. The first-order valence-corrected chi connectivity index (χ1v) is 11.3. The molecule has 0 unspecified atom stereocenters. The summed E-state index contributed by atoms with van der Waals surface area (Å²) in [5.74, 6) is 1.90. The highest BCUT2D eigenvalue weighted by Gasteiger charge is 2.24. The second-order valence-corrected chi connectivity index (χ2v) is 8.70. The number of anilines is 3. The Kier molecular flexibility index (Phi) is 5.66. The second-order valence-electron chi connectivity index (χ2n) is 7.78. The summed E-state index contributed by atoms with van der Waals surface area (Å²) in [6.45, 7) is 1.89. The largest absolute Gasteiger partial charge is 0.369 e. The van der Waals surface area contributed by atoms with E-state index in [2.05, 4.69) is 20.5 Å². The number of hydrogen-bond acceptors (Lipinski definition) is 8. The number of fused-ring (bicyclic) bond motifs is 1. The van der Waals surface area contributed by atoms with Crippen molar-refractivity contribution >= 4 is 44.8 Å². The quantitative estimate of drug-likeness (QED) is 0.400. The Labute approximate surface area is 189 Å². The second kappa shape index (κ2) is 8.89.